The lowest BCUT2D eigenvalue weighted by Gasteiger charge is -2.30. The predicted octanol–water partition coefficient (Wildman–Crippen LogP) is 2.35. The number of fused-ring (bicyclic) bond motifs is 1. The summed E-state index contributed by atoms with van der Waals surface area (Å²) in [6, 6.07) is 3.69. The van der Waals surface area contributed by atoms with Crippen LogP contribution in [-0.2, 0) is 11.2 Å². The van der Waals surface area contributed by atoms with Crippen molar-refractivity contribution in [2.75, 3.05) is 17.2 Å². The number of hydrogen-bond donors (Lipinski definition) is 1. The largest absolute Gasteiger partial charge is 0.443 e. The van der Waals surface area contributed by atoms with Crippen LogP contribution in [0.15, 0.2) is 12.1 Å². The van der Waals surface area contributed by atoms with Crippen LogP contribution in [0.1, 0.15) is 32.8 Å². The first kappa shape index (κ1) is 12.7. The standard InChI is InChI=1S/C13H19N3O2/c1-13(2,3)18-12(17)16-8-4-5-9-6-7-10(14)15-11(9)16/h6-7H,4-5,8H2,1-3H3,(H2,14,15). The Bertz CT molecular complexity index is 466. The number of rotatable bonds is 0. The van der Waals surface area contributed by atoms with Crippen molar-refractivity contribution in [3.63, 3.8) is 0 Å². The van der Waals surface area contributed by atoms with E-state index in [4.69, 9.17) is 10.5 Å². The van der Waals surface area contributed by atoms with E-state index in [0.29, 0.717) is 18.2 Å². The number of nitrogens with zero attached hydrogens (tertiary/aromatic N) is 2. The molecule has 0 radical (unpaired) electrons. The highest BCUT2D eigenvalue weighted by molar-refractivity contribution is 5.88. The summed E-state index contributed by atoms with van der Waals surface area (Å²) in [5.74, 6) is 1.06. The Morgan fingerprint density at radius 2 is 2.17 bits per heavy atom. The van der Waals surface area contributed by atoms with Crippen LogP contribution in [0, 0.1) is 0 Å². The lowest BCUT2D eigenvalue weighted by Crippen LogP contribution is -2.40. The van der Waals surface area contributed by atoms with E-state index in [9.17, 15) is 4.79 Å². The van der Waals surface area contributed by atoms with Crippen LogP contribution in [-0.4, -0.2) is 23.2 Å². The topological polar surface area (TPSA) is 68.5 Å². The van der Waals surface area contributed by atoms with Gasteiger partial charge in [0.25, 0.3) is 0 Å². The van der Waals surface area contributed by atoms with E-state index < -0.39 is 5.60 Å². The van der Waals surface area contributed by atoms with Crippen molar-refractivity contribution in [3.8, 4) is 0 Å². The fraction of sp³-hybridized carbons (Fsp3) is 0.538. The Balaban J connectivity index is 2.27. The van der Waals surface area contributed by atoms with Gasteiger partial charge in [-0.15, -0.1) is 0 Å². The van der Waals surface area contributed by atoms with Crippen LogP contribution < -0.4 is 10.6 Å². The molecular formula is C13H19N3O2. The highest BCUT2D eigenvalue weighted by Gasteiger charge is 2.28. The van der Waals surface area contributed by atoms with Gasteiger partial charge in [-0.2, -0.15) is 0 Å². The molecule has 0 bridgehead atoms. The van der Waals surface area contributed by atoms with E-state index in [0.717, 1.165) is 18.4 Å². The Kier molecular flexibility index (Phi) is 3.15. The molecule has 2 rings (SSSR count). The molecule has 0 atom stereocenters. The third-order valence-corrected chi connectivity index (χ3v) is 2.67. The van der Waals surface area contributed by atoms with Gasteiger partial charge in [0.05, 0.1) is 0 Å². The summed E-state index contributed by atoms with van der Waals surface area (Å²) < 4.78 is 5.38. The molecule has 0 aromatic carbocycles. The molecule has 2 heterocycles. The summed E-state index contributed by atoms with van der Waals surface area (Å²) >= 11 is 0. The SMILES string of the molecule is CC(C)(C)OC(=O)N1CCCc2ccc(N)nc21. The number of carbonyl (C=O) groups excluding carboxylic acids is 1. The second kappa shape index (κ2) is 4.48. The Morgan fingerprint density at radius 1 is 1.44 bits per heavy atom. The van der Waals surface area contributed by atoms with Crippen LogP contribution in [0.4, 0.5) is 16.4 Å². The zero-order chi connectivity index (χ0) is 13.3. The van der Waals surface area contributed by atoms with Crippen molar-refractivity contribution in [3.05, 3.63) is 17.7 Å². The number of nitrogen functional groups attached to an aromatic ring is 1. The molecular weight excluding hydrogens is 230 g/mol. The number of anilines is 2. The number of hydrogen-bond acceptors (Lipinski definition) is 4. The number of nitrogens with two attached hydrogens (primary N) is 1. The molecule has 5 nitrogen and oxygen atoms in total. The molecule has 1 aliphatic rings. The second-order valence-electron chi connectivity index (χ2n) is 5.45. The second-order valence-corrected chi connectivity index (χ2v) is 5.45. The minimum Gasteiger partial charge on any atom is -0.443 e. The predicted molar refractivity (Wildman–Crippen MR) is 70.6 cm³/mol. The molecule has 18 heavy (non-hydrogen) atoms. The maximum atomic E-state index is 12.1. The van der Waals surface area contributed by atoms with Crippen molar-refractivity contribution >= 4 is 17.7 Å². The number of amides is 1. The van der Waals surface area contributed by atoms with E-state index in [1.807, 2.05) is 26.8 Å². The van der Waals surface area contributed by atoms with E-state index in [2.05, 4.69) is 4.98 Å². The van der Waals surface area contributed by atoms with E-state index in [1.54, 1.807) is 11.0 Å². The summed E-state index contributed by atoms with van der Waals surface area (Å²) in [5.41, 5.74) is 6.22. The van der Waals surface area contributed by atoms with Crippen molar-refractivity contribution in [2.45, 2.75) is 39.2 Å². The Hall–Kier alpha value is -1.78. The molecule has 2 N–H and O–H groups in total. The zero-order valence-corrected chi connectivity index (χ0v) is 11.1. The van der Waals surface area contributed by atoms with E-state index in [1.165, 1.54) is 0 Å². The van der Waals surface area contributed by atoms with Gasteiger partial charge in [0.15, 0.2) is 0 Å². The van der Waals surface area contributed by atoms with E-state index >= 15 is 0 Å². The Labute approximate surface area is 107 Å². The maximum absolute atomic E-state index is 12.1. The third-order valence-electron chi connectivity index (χ3n) is 2.67. The molecule has 0 aliphatic carbocycles. The molecule has 0 unspecified atom stereocenters. The molecule has 0 spiro atoms. The molecule has 1 amide bonds. The number of aromatic nitrogens is 1. The first-order valence-corrected chi connectivity index (χ1v) is 6.13. The fourth-order valence-electron chi connectivity index (χ4n) is 1.95. The van der Waals surface area contributed by atoms with Crippen molar-refractivity contribution in [1.82, 2.24) is 4.98 Å². The number of aryl methyl sites for hydroxylation is 1. The average Bonchev–Trinajstić information content (AvgIpc) is 2.25. The lowest BCUT2D eigenvalue weighted by molar-refractivity contribution is 0.0576. The highest BCUT2D eigenvalue weighted by atomic mass is 16.6. The smallest absolute Gasteiger partial charge is 0.416 e. The van der Waals surface area contributed by atoms with Gasteiger partial charge >= 0.3 is 6.09 Å². The molecule has 1 aromatic heterocycles. The van der Waals surface area contributed by atoms with Gasteiger partial charge in [-0.25, -0.2) is 9.78 Å². The summed E-state index contributed by atoms with van der Waals surface area (Å²) in [5, 5.41) is 0. The van der Waals surface area contributed by atoms with E-state index in [-0.39, 0.29) is 6.09 Å². The molecule has 0 saturated heterocycles. The summed E-state index contributed by atoms with van der Waals surface area (Å²) in [4.78, 5) is 17.9. The monoisotopic (exact) mass is 249 g/mol. The van der Waals surface area contributed by atoms with Gasteiger partial charge in [0, 0.05) is 6.54 Å². The number of carbonyl (C=O) groups is 1. The van der Waals surface area contributed by atoms with Gasteiger partial charge in [-0.3, -0.25) is 4.90 Å². The number of ether oxygens (including phenoxy) is 1. The van der Waals surface area contributed by atoms with Crippen molar-refractivity contribution < 1.29 is 9.53 Å². The number of pyridine rings is 1. The minimum atomic E-state index is -0.505. The van der Waals surface area contributed by atoms with Gasteiger partial charge in [-0.1, -0.05) is 6.07 Å². The van der Waals surface area contributed by atoms with Gasteiger partial charge in [0.1, 0.15) is 17.2 Å². The Morgan fingerprint density at radius 3 is 2.83 bits per heavy atom. The summed E-state index contributed by atoms with van der Waals surface area (Å²) in [6.07, 6.45) is 1.47. The van der Waals surface area contributed by atoms with Crippen molar-refractivity contribution in [2.24, 2.45) is 0 Å². The van der Waals surface area contributed by atoms with Crippen LogP contribution >= 0.6 is 0 Å². The van der Waals surface area contributed by atoms with Crippen LogP contribution in [0.3, 0.4) is 0 Å². The van der Waals surface area contributed by atoms with Crippen LogP contribution in [0.2, 0.25) is 0 Å². The average molecular weight is 249 g/mol. The summed E-state index contributed by atoms with van der Waals surface area (Å²) in [7, 11) is 0. The molecule has 1 aromatic rings. The first-order valence-electron chi connectivity index (χ1n) is 6.13. The molecule has 0 saturated carbocycles. The maximum Gasteiger partial charge on any atom is 0.416 e. The first-order chi connectivity index (χ1) is 8.37. The summed E-state index contributed by atoms with van der Waals surface area (Å²) in [6.45, 7) is 6.17. The fourth-order valence-corrected chi connectivity index (χ4v) is 1.95. The van der Waals surface area contributed by atoms with Crippen molar-refractivity contribution in [1.29, 1.82) is 0 Å². The minimum absolute atomic E-state index is 0.360. The highest BCUT2D eigenvalue weighted by Crippen LogP contribution is 2.27. The molecule has 1 aliphatic heterocycles. The molecule has 0 fully saturated rings. The van der Waals surface area contributed by atoms with Gasteiger partial charge in [0.2, 0.25) is 0 Å². The zero-order valence-electron chi connectivity index (χ0n) is 11.1. The lowest BCUT2D eigenvalue weighted by atomic mass is 10.1. The third kappa shape index (κ3) is 2.72. The van der Waals surface area contributed by atoms with Gasteiger partial charge in [-0.05, 0) is 45.2 Å². The normalized spacial score (nSPS) is 15.2. The molecule has 98 valence electrons. The van der Waals surface area contributed by atoms with Gasteiger partial charge < -0.3 is 10.5 Å². The quantitative estimate of drug-likeness (QED) is 0.766. The van der Waals surface area contributed by atoms with Crippen LogP contribution in [0.5, 0.6) is 0 Å². The van der Waals surface area contributed by atoms with Crippen LogP contribution in [0.25, 0.3) is 0 Å². The molecule has 5 heteroatoms.